The number of hydrogen-bond donors (Lipinski definition) is 1. The Balaban J connectivity index is 1.45. The molecule has 8 nitrogen and oxygen atoms in total. The average Bonchev–Trinajstić information content (AvgIpc) is 2.92. The van der Waals surface area contributed by atoms with Gasteiger partial charge in [-0.2, -0.15) is 0 Å². The number of carboxylic acid groups (broad SMARTS) is 1. The molecule has 0 fully saturated rings. The maximum absolute atomic E-state index is 12.5. The molecule has 0 radical (unpaired) electrons. The van der Waals surface area contributed by atoms with Gasteiger partial charge in [-0.05, 0) is 73.0 Å². The molecule has 0 heterocycles. The number of carbonyl (C=O) groups is 3. The van der Waals surface area contributed by atoms with Crippen LogP contribution >= 0.6 is 0 Å². The second-order valence-electron chi connectivity index (χ2n) is 8.43. The molecule has 3 aromatic carbocycles. The Morgan fingerprint density at radius 3 is 1.74 bits per heavy atom. The second kappa shape index (κ2) is 14.2. The van der Waals surface area contributed by atoms with Crippen molar-refractivity contribution in [1.82, 2.24) is 0 Å². The SMILES string of the molecule is C=C(C)C(=O)OCCCOc1ccc(-c2ccc(OC(=O)c3ccc(OCCCC(=O)O)cc3)cc2)cc1. The Kier molecular flexibility index (Phi) is 10.5. The number of carboxylic acids is 1. The van der Waals surface area contributed by atoms with Gasteiger partial charge in [-0.15, -0.1) is 0 Å². The van der Waals surface area contributed by atoms with Crippen LogP contribution in [0.25, 0.3) is 11.1 Å². The van der Waals surface area contributed by atoms with Crippen LogP contribution in [0.5, 0.6) is 17.2 Å². The molecule has 0 aromatic heterocycles. The summed E-state index contributed by atoms with van der Waals surface area (Å²) in [7, 11) is 0. The van der Waals surface area contributed by atoms with E-state index in [1.54, 1.807) is 43.3 Å². The lowest BCUT2D eigenvalue weighted by atomic mass is 10.1. The van der Waals surface area contributed by atoms with E-state index in [0.717, 1.165) is 11.1 Å². The maximum Gasteiger partial charge on any atom is 0.343 e. The first-order chi connectivity index (χ1) is 18.3. The van der Waals surface area contributed by atoms with E-state index in [1.165, 1.54) is 0 Å². The number of carbonyl (C=O) groups excluding carboxylic acids is 2. The van der Waals surface area contributed by atoms with Gasteiger partial charge in [0.2, 0.25) is 0 Å². The zero-order valence-corrected chi connectivity index (χ0v) is 21.2. The predicted molar refractivity (Wildman–Crippen MR) is 142 cm³/mol. The molecule has 0 spiro atoms. The lowest BCUT2D eigenvalue weighted by Gasteiger charge is -2.09. The number of benzene rings is 3. The lowest BCUT2D eigenvalue weighted by molar-refractivity contribution is -0.139. The van der Waals surface area contributed by atoms with E-state index in [4.69, 9.17) is 24.1 Å². The van der Waals surface area contributed by atoms with Crippen molar-refractivity contribution in [3.05, 3.63) is 90.5 Å². The van der Waals surface area contributed by atoms with Crippen LogP contribution < -0.4 is 14.2 Å². The van der Waals surface area contributed by atoms with E-state index in [1.807, 2.05) is 36.4 Å². The van der Waals surface area contributed by atoms with Crippen LogP contribution in [0.4, 0.5) is 0 Å². The van der Waals surface area contributed by atoms with Gasteiger partial charge >= 0.3 is 17.9 Å². The van der Waals surface area contributed by atoms with E-state index in [9.17, 15) is 14.4 Å². The van der Waals surface area contributed by atoms with Crippen LogP contribution in [0.15, 0.2) is 84.9 Å². The molecule has 38 heavy (non-hydrogen) atoms. The highest BCUT2D eigenvalue weighted by Gasteiger charge is 2.10. The second-order valence-corrected chi connectivity index (χ2v) is 8.43. The summed E-state index contributed by atoms with van der Waals surface area (Å²) in [5.41, 5.74) is 2.67. The molecule has 0 aliphatic heterocycles. The molecule has 0 atom stereocenters. The van der Waals surface area contributed by atoms with Crippen molar-refractivity contribution >= 4 is 17.9 Å². The van der Waals surface area contributed by atoms with Crippen molar-refractivity contribution in [2.45, 2.75) is 26.2 Å². The topological polar surface area (TPSA) is 108 Å². The standard InChI is InChI=1S/C30H30O8/c1-21(2)29(33)37-20-4-19-36-25-12-6-22(7-13-25)23-8-16-27(17-9-23)38-30(34)24-10-14-26(15-11-24)35-18-3-5-28(31)32/h6-17H,1,3-5,18-20H2,2H3,(H,31,32). The van der Waals surface area contributed by atoms with Crippen LogP contribution in [0.1, 0.15) is 36.5 Å². The quantitative estimate of drug-likeness (QED) is 0.125. The number of hydrogen-bond acceptors (Lipinski definition) is 7. The monoisotopic (exact) mass is 518 g/mol. The van der Waals surface area contributed by atoms with Crippen molar-refractivity contribution in [1.29, 1.82) is 0 Å². The largest absolute Gasteiger partial charge is 0.494 e. The molecule has 8 heteroatoms. The van der Waals surface area contributed by atoms with Gasteiger partial charge in [0.1, 0.15) is 17.2 Å². The first-order valence-corrected chi connectivity index (χ1v) is 12.1. The van der Waals surface area contributed by atoms with Crippen LogP contribution in [-0.2, 0) is 14.3 Å². The normalized spacial score (nSPS) is 10.3. The summed E-state index contributed by atoms with van der Waals surface area (Å²) in [6, 6.07) is 21.3. The first-order valence-electron chi connectivity index (χ1n) is 12.1. The molecule has 3 rings (SSSR count). The van der Waals surface area contributed by atoms with Gasteiger partial charge in [-0.1, -0.05) is 30.8 Å². The fourth-order valence-corrected chi connectivity index (χ4v) is 3.26. The minimum Gasteiger partial charge on any atom is -0.494 e. The van der Waals surface area contributed by atoms with Crippen LogP contribution in [0.2, 0.25) is 0 Å². The number of rotatable bonds is 14. The van der Waals surface area contributed by atoms with Gasteiger partial charge in [-0.3, -0.25) is 4.79 Å². The average molecular weight is 519 g/mol. The maximum atomic E-state index is 12.5. The van der Waals surface area contributed by atoms with Gasteiger partial charge < -0.3 is 24.1 Å². The van der Waals surface area contributed by atoms with E-state index >= 15 is 0 Å². The molecule has 0 unspecified atom stereocenters. The molecule has 0 saturated heterocycles. The predicted octanol–water partition coefficient (Wildman–Crippen LogP) is 5.70. The zero-order chi connectivity index (χ0) is 27.3. The lowest BCUT2D eigenvalue weighted by Crippen LogP contribution is -2.09. The molecule has 0 bridgehead atoms. The summed E-state index contributed by atoms with van der Waals surface area (Å²) in [6.45, 7) is 6.12. The van der Waals surface area contributed by atoms with Crippen LogP contribution in [-0.4, -0.2) is 42.8 Å². The van der Waals surface area contributed by atoms with Gasteiger partial charge in [0.15, 0.2) is 0 Å². The minimum absolute atomic E-state index is 0.0424. The van der Waals surface area contributed by atoms with Gasteiger partial charge in [0, 0.05) is 18.4 Å². The molecule has 198 valence electrons. The summed E-state index contributed by atoms with van der Waals surface area (Å²) in [5, 5.41) is 8.65. The van der Waals surface area contributed by atoms with E-state index < -0.39 is 17.9 Å². The Morgan fingerprint density at radius 2 is 1.21 bits per heavy atom. The number of aliphatic carboxylic acids is 1. The molecule has 1 N–H and O–H groups in total. The molecule has 0 amide bonds. The van der Waals surface area contributed by atoms with Crippen LogP contribution in [0.3, 0.4) is 0 Å². The van der Waals surface area contributed by atoms with E-state index in [2.05, 4.69) is 6.58 Å². The highest BCUT2D eigenvalue weighted by atomic mass is 16.5. The van der Waals surface area contributed by atoms with Crippen molar-refractivity contribution in [2.75, 3.05) is 19.8 Å². The molecular weight excluding hydrogens is 488 g/mol. The van der Waals surface area contributed by atoms with Gasteiger partial charge in [0.05, 0.1) is 25.4 Å². The third-order valence-corrected chi connectivity index (χ3v) is 5.29. The van der Waals surface area contributed by atoms with Crippen molar-refractivity contribution in [3.63, 3.8) is 0 Å². The summed E-state index contributed by atoms with van der Waals surface area (Å²) in [6.07, 6.45) is 1.03. The third-order valence-electron chi connectivity index (χ3n) is 5.29. The molecule has 0 aliphatic carbocycles. The summed E-state index contributed by atoms with van der Waals surface area (Å²) in [4.78, 5) is 34.4. The Morgan fingerprint density at radius 1 is 0.711 bits per heavy atom. The number of ether oxygens (including phenoxy) is 4. The molecule has 0 aliphatic rings. The third kappa shape index (κ3) is 9.13. The first kappa shape index (κ1) is 28.0. The summed E-state index contributed by atoms with van der Waals surface area (Å²) in [5.74, 6) is -0.0800. The van der Waals surface area contributed by atoms with Crippen molar-refractivity contribution in [2.24, 2.45) is 0 Å². The zero-order valence-electron chi connectivity index (χ0n) is 21.2. The fraction of sp³-hybridized carbons (Fsp3) is 0.233. The summed E-state index contributed by atoms with van der Waals surface area (Å²) < 4.78 is 21.7. The summed E-state index contributed by atoms with van der Waals surface area (Å²) >= 11 is 0. The molecular formula is C30H30O8. The Labute approximate surface area is 221 Å². The van der Waals surface area contributed by atoms with E-state index in [0.29, 0.717) is 47.8 Å². The highest BCUT2D eigenvalue weighted by molar-refractivity contribution is 5.91. The van der Waals surface area contributed by atoms with Crippen LogP contribution in [0, 0.1) is 0 Å². The minimum atomic E-state index is -0.865. The fourth-order valence-electron chi connectivity index (χ4n) is 3.26. The van der Waals surface area contributed by atoms with Gasteiger partial charge in [-0.25, -0.2) is 9.59 Å². The van der Waals surface area contributed by atoms with E-state index in [-0.39, 0.29) is 19.6 Å². The Bertz CT molecular complexity index is 1230. The van der Waals surface area contributed by atoms with Crippen molar-refractivity contribution < 1.29 is 38.4 Å². The van der Waals surface area contributed by atoms with Gasteiger partial charge in [0.25, 0.3) is 0 Å². The number of esters is 2. The highest BCUT2D eigenvalue weighted by Crippen LogP contribution is 2.25. The Hall–Kier alpha value is -4.59. The molecule has 0 saturated carbocycles. The van der Waals surface area contributed by atoms with Crippen molar-refractivity contribution in [3.8, 4) is 28.4 Å². The smallest absolute Gasteiger partial charge is 0.343 e. The molecule has 3 aromatic rings.